The molecule has 1 saturated heterocycles. The largest absolute Gasteiger partial charge is 0.496 e. The molecule has 4 nitrogen and oxygen atoms in total. The van der Waals surface area contributed by atoms with E-state index >= 15 is 0 Å². The third-order valence-corrected chi connectivity index (χ3v) is 5.15. The average Bonchev–Trinajstić information content (AvgIpc) is 3.10. The van der Waals surface area contributed by atoms with Gasteiger partial charge in [-0.1, -0.05) is 18.9 Å². The molecule has 1 N–H and O–H groups in total. The lowest BCUT2D eigenvalue weighted by Gasteiger charge is -2.39. The first-order valence-electron chi connectivity index (χ1n) is 8.51. The minimum Gasteiger partial charge on any atom is -0.496 e. The Kier molecular flexibility index (Phi) is 5.21. The first kappa shape index (κ1) is 15.6. The van der Waals surface area contributed by atoms with Crippen molar-refractivity contribution < 1.29 is 9.47 Å². The number of methoxy groups -OCH3 is 2. The Morgan fingerprint density at radius 2 is 1.64 bits per heavy atom. The monoisotopic (exact) mass is 304 g/mol. The standard InChI is InChI=1S/C18H28N2O2/c1-21-15-8-5-9-16(22-2)17(15)18(14-6-3-4-7-14)20-12-10-19-11-13-20/h5,8-9,14,18-19H,3-4,6-7,10-13H2,1-2H3/t18-/m0/s1. The van der Waals surface area contributed by atoms with Gasteiger partial charge in [-0.3, -0.25) is 4.90 Å². The molecule has 1 atom stereocenters. The van der Waals surface area contributed by atoms with Gasteiger partial charge in [-0.2, -0.15) is 0 Å². The van der Waals surface area contributed by atoms with Gasteiger partial charge >= 0.3 is 0 Å². The number of piperazine rings is 1. The minimum absolute atomic E-state index is 0.413. The summed E-state index contributed by atoms with van der Waals surface area (Å²) in [5, 5.41) is 3.46. The van der Waals surface area contributed by atoms with Gasteiger partial charge in [0, 0.05) is 32.2 Å². The van der Waals surface area contributed by atoms with Crippen molar-refractivity contribution in [2.75, 3.05) is 40.4 Å². The summed E-state index contributed by atoms with van der Waals surface area (Å²) in [4.78, 5) is 2.63. The molecule has 1 aromatic rings. The zero-order valence-corrected chi connectivity index (χ0v) is 13.8. The third kappa shape index (κ3) is 3.08. The lowest BCUT2D eigenvalue weighted by atomic mass is 9.88. The van der Waals surface area contributed by atoms with Crippen LogP contribution in [-0.4, -0.2) is 45.3 Å². The van der Waals surface area contributed by atoms with Crippen molar-refractivity contribution in [1.29, 1.82) is 0 Å². The normalized spacial score (nSPS) is 21.7. The van der Waals surface area contributed by atoms with Gasteiger partial charge in [-0.25, -0.2) is 0 Å². The fourth-order valence-corrected chi connectivity index (χ4v) is 4.12. The zero-order chi connectivity index (χ0) is 15.4. The van der Waals surface area contributed by atoms with Crippen molar-refractivity contribution in [3.8, 4) is 11.5 Å². The maximum atomic E-state index is 5.70. The van der Waals surface area contributed by atoms with Gasteiger partial charge in [0.25, 0.3) is 0 Å². The highest BCUT2D eigenvalue weighted by Gasteiger charge is 2.35. The van der Waals surface area contributed by atoms with E-state index in [1.54, 1.807) is 14.2 Å². The van der Waals surface area contributed by atoms with Gasteiger partial charge in [0.05, 0.1) is 19.8 Å². The lowest BCUT2D eigenvalue weighted by molar-refractivity contribution is 0.120. The summed E-state index contributed by atoms with van der Waals surface area (Å²) in [7, 11) is 3.53. The number of hydrogen-bond acceptors (Lipinski definition) is 4. The fraction of sp³-hybridized carbons (Fsp3) is 0.667. The molecule has 22 heavy (non-hydrogen) atoms. The molecule has 0 aromatic heterocycles. The Hall–Kier alpha value is -1.26. The first-order chi connectivity index (χ1) is 10.8. The second-order valence-electron chi connectivity index (χ2n) is 6.35. The highest BCUT2D eigenvalue weighted by molar-refractivity contribution is 5.47. The molecule has 0 unspecified atom stereocenters. The van der Waals surface area contributed by atoms with Gasteiger partial charge < -0.3 is 14.8 Å². The highest BCUT2D eigenvalue weighted by atomic mass is 16.5. The van der Waals surface area contributed by atoms with E-state index in [0.717, 1.165) is 37.7 Å². The molecule has 0 bridgehead atoms. The van der Waals surface area contributed by atoms with E-state index in [1.807, 2.05) is 6.07 Å². The van der Waals surface area contributed by atoms with Gasteiger partial charge in [-0.05, 0) is 30.9 Å². The van der Waals surface area contributed by atoms with Crippen LogP contribution < -0.4 is 14.8 Å². The topological polar surface area (TPSA) is 33.7 Å². The Labute approximate surface area is 133 Å². The molecule has 0 amide bonds. The Morgan fingerprint density at radius 3 is 2.18 bits per heavy atom. The Morgan fingerprint density at radius 1 is 1.05 bits per heavy atom. The predicted octanol–water partition coefficient (Wildman–Crippen LogP) is 2.84. The van der Waals surface area contributed by atoms with Crippen molar-refractivity contribution in [2.24, 2.45) is 5.92 Å². The van der Waals surface area contributed by atoms with Crippen molar-refractivity contribution in [1.82, 2.24) is 10.2 Å². The van der Waals surface area contributed by atoms with Gasteiger partial charge in [0.15, 0.2) is 0 Å². The van der Waals surface area contributed by atoms with Crippen LogP contribution in [0.3, 0.4) is 0 Å². The van der Waals surface area contributed by atoms with E-state index in [2.05, 4.69) is 22.3 Å². The van der Waals surface area contributed by atoms with Crippen molar-refractivity contribution in [3.63, 3.8) is 0 Å². The zero-order valence-electron chi connectivity index (χ0n) is 13.8. The van der Waals surface area contributed by atoms with Crippen LogP contribution in [0.25, 0.3) is 0 Å². The summed E-state index contributed by atoms with van der Waals surface area (Å²) in [6.07, 6.45) is 5.33. The Balaban J connectivity index is 2.00. The number of rotatable bonds is 5. The van der Waals surface area contributed by atoms with Crippen molar-refractivity contribution in [3.05, 3.63) is 23.8 Å². The summed E-state index contributed by atoms with van der Waals surface area (Å²) < 4.78 is 11.4. The average molecular weight is 304 g/mol. The van der Waals surface area contributed by atoms with Gasteiger partial charge in [0.2, 0.25) is 0 Å². The van der Waals surface area contributed by atoms with Crippen LogP contribution in [0.4, 0.5) is 0 Å². The van der Waals surface area contributed by atoms with E-state index in [4.69, 9.17) is 9.47 Å². The van der Waals surface area contributed by atoms with Crippen LogP contribution in [0.15, 0.2) is 18.2 Å². The molecule has 3 rings (SSSR count). The number of hydrogen-bond donors (Lipinski definition) is 1. The summed E-state index contributed by atoms with van der Waals surface area (Å²) in [5.41, 5.74) is 1.25. The van der Waals surface area contributed by atoms with E-state index in [1.165, 1.54) is 31.2 Å². The molecule has 4 heteroatoms. The Bertz CT molecular complexity index is 458. The van der Waals surface area contributed by atoms with E-state index in [0.29, 0.717) is 12.0 Å². The minimum atomic E-state index is 0.413. The van der Waals surface area contributed by atoms with Gasteiger partial charge in [-0.15, -0.1) is 0 Å². The maximum absolute atomic E-state index is 5.70. The number of ether oxygens (including phenoxy) is 2. The number of nitrogens with one attached hydrogen (secondary N) is 1. The highest BCUT2D eigenvalue weighted by Crippen LogP contribution is 2.46. The molecule has 1 aliphatic carbocycles. The quantitative estimate of drug-likeness (QED) is 0.907. The molecule has 1 heterocycles. The van der Waals surface area contributed by atoms with Crippen LogP contribution in [-0.2, 0) is 0 Å². The molecule has 2 fully saturated rings. The second kappa shape index (κ2) is 7.34. The van der Waals surface area contributed by atoms with Crippen LogP contribution in [0.5, 0.6) is 11.5 Å². The van der Waals surface area contributed by atoms with Crippen LogP contribution >= 0.6 is 0 Å². The maximum Gasteiger partial charge on any atom is 0.127 e. The second-order valence-corrected chi connectivity index (χ2v) is 6.35. The molecule has 2 aliphatic rings. The summed E-state index contributed by atoms with van der Waals surface area (Å²) >= 11 is 0. The van der Waals surface area contributed by atoms with Crippen LogP contribution in [0.1, 0.15) is 37.3 Å². The van der Waals surface area contributed by atoms with Crippen LogP contribution in [0.2, 0.25) is 0 Å². The molecule has 0 spiro atoms. The van der Waals surface area contributed by atoms with E-state index in [-0.39, 0.29) is 0 Å². The molecule has 1 saturated carbocycles. The molecular weight excluding hydrogens is 276 g/mol. The molecule has 1 aromatic carbocycles. The molecular formula is C18H28N2O2. The fourth-order valence-electron chi connectivity index (χ4n) is 4.12. The van der Waals surface area contributed by atoms with Gasteiger partial charge in [0.1, 0.15) is 11.5 Å². The van der Waals surface area contributed by atoms with Crippen molar-refractivity contribution in [2.45, 2.75) is 31.7 Å². The SMILES string of the molecule is COc1cccc(OC)c1[C@H](C1CCCC1)N1CCNCC1. The van der Waals surface area contributed by atoms with E-state index < -0.39 is 0 Å². The molecule has 122 valence electrons. The van der Waals surface area contributed by atoms with E-state index in [9.17, 15) is 0 Å². The molecule has 1 aliphatic heterocycles. The van der Waals surface area contributed by atoms with Crippen LogP contribution in [0, 0.1) is 5.92 Å². The third-order valence-electron chi connectivity index (χ3n) is 5.15. The number of nitrogens with zero attached hydrogens (tertiary/aromatic N) is 1. The van der Waals surface area contributed by atoms with Crippen molar-refractivity contribution >= 4 is 0 Å². The summed E-state index contributed by atoms with van der Waals surface area (Å²) in [6.45, 7) is 4.34. The first-order valence-corrected chi connectivity index (χ1v) is 8.51. The predicted molar refractivity (Wildman–Crippen MR) is 88.7 cm³/mol. The summed E-state index contributed by atoms with van der Waals surface area (Å²) in [6, 6.07) is 6.57. The lowest BCUT2D eigenvalue weighted by Crippen LogP contribution is -2.46. The number of benzene rings is 1. The smallest absolute Gasteiger partial charge is 0.127 e. The summed E-state index contributed by atoms with van der Waals surface area (Å²) in [5.74, 6) is 2.65. The molecule has 0 radical (unpaired) electrons.